The Morgan fingerprint density at radius 3 is 2.61 bits per heavy atom. The molecule has 12 heteroatoms. The SMILES string of the molecule is CCCCOC(=O)CN(Cc1ccccc1OC)S(=O)(=O)c1ccc2c(Cl)cnc(N=C(N)N)c2c1. The second-order valence-corrected chi connectivity index (χ2v) is 10.2. The fourth-order valence-electron chi connectivity index (χ4n) is 3.46. The van der Waals surface area contributed by atoms with Crippen LogP contribution in [0.1, 0.15) is 25.3 Å². The Hall–Kier alpha value is -3.41. The van der Waals surface area contributed by atoms with Crippen LogP contribution in [-0.4, -0.2) is 49.9 Å². The highest BCUT2D eigenvalue weighted by Gasteiger charge is 2.29. The number of carbonyl (C=O) groups is 1. The zero-order valence-electron chi connectivity index (χ0n) is 20.0. The Morgan fingerprint density at radius 1 is 1.17 bits per heavy atom. The zero-order valence-corrected chi connectivity index (χ0v) is 21.6. The van der Waals surface area contributed by atoms with Crippen molar-refractivity contribution in [1.82, 2.24) is 9.29 Å². The fraction of sp³-hybridized carbons (Fsp3) is 0.292. The number of hydrogen-bond acceptors (Lipinski definition) is 7. The van der Waals surface area contributed by atoms with Gasteiger partial charge in [0.25, 0.3) is 0 Å². The summed E-state index contributed by atoms with van der Waals surface area (Å²) in [5, 5.41) is 1.15. The molecule has 0 bridgehead atoms. The van der Waals surface area contributed by atoms with E-state index >= 15 is 0 Å². The van der Waals surface area contributed by atoms with Crippen LogP contribution in [-0.2, 0) is 26.1 Å². The van der Waals surface area contributed by atoms with E-state index in [0.29, 0.717) is 33.5 Å². The third kappa shape index (κ3) is 6.42. The number of rotatable bonds is 11. The highest BCUT2D eigenvalue weighted by Crippen LogP contribution is 2.33. The largest absolute Gasteiger partial charge is 0.496 e. The maximum atomic E-state index is 13.8. The molecule has 0 aliphatic heterocycles. The average Bonchev–Trinajstić information content (AvgIpc) is 2.85. The Morgan fingerprint density at radius 2 is 1.92 bits per heavy atom. The van der Waals surface area contributed by atoms with E-state index in [4.69, 9.17) is 32.5 Å². The van der Waals surface area contributed by atoms with Crippen molar-refractivity contribution >= 4 is 50.1 Å². The molecule has 2 aromatic carbocycles. The minimum absolute atomic E-state index is 0.0950. The minimum Gasteiger partial charge on any atom is -0.496 e. The molecule has 1 heterocycles. The number of sulfonamides is 1. The number of ether oxygens (including phenoxy) is 2. The summed E-state index contributed by atoms with van der Waals surface area (Å²) in [6.07, 6.45) is 2.89. The first-order valence-electron chi connectivity index (χ1n) is 11.1. The molecule has 4 N–H and O–H groups in total. The molecule has 0 atom stereocenters. The molecule has 0 aliphatic carbocycles. The number of pyridine rings is 1. The van der Waals surface area contributed by atoms with Crippen molar-refractivity contribution in [2.45, 2.75) is 31.2 Å². The number of fused-ring (bicyclic) bond motifs is 1. The van der Waals surface area contributed by atoms with Gasteiger partial charge in [0.15, 0.2) is 11.8 Å². The molecule has 0 radical (unpaired) electrons. The van der Waals surface area contributed by atoms with E-state index in [2.05, 4.69) is 9.98 Å². The number of nitrogens with two attached hydrogens (primary N) is 2. The number of nitrogens with zero attached hydrogens (tertiary/aromatic N) is 3. The van der Waals surface area contributed by atoms with Gasteiger partial charge in [0, 0.05) is 29.1 Å². The molecule has 0 amide bonds. The second kappa shape index (κ2) is 12.0. The predicted octanol–water partition coefficient (Wildman–Crippen LogP) is 3.34. The lowest BCUT2D eigenvalue weighted by Crippen LogP contribution is -2.36. The zero-order chi connectivity index (χ0) is 26.3. The normalized spacial score (nSPS) is 11.4. The van der Waals surface area contributed by atoms with Gasteiger partial charge in [-0.2, -0.15) is 9.30 Å². The maximum absolute atomic E-state index is 13.8. The van der Waals surface area contributed by atoms with Gasteiger partial charge in [-0.05, 0) is 24.6 Å². The number of halogens is 1. The summed E-state index contributed by atoms with van der Waals surface area (Å²) in [6, 6.07) is 11.3. The first-order chi connectivity index (χ1) is 17.2. The van der Waals surface area contributed by atoms with Gasteiger partial charge in [0.05, 0.1) is 23.6 Å². The Bertz CT molecular complexity index is 1380. The molecule has 3 aromatic rings. The van der Waals surface area contributed by atoms with Gasteiger partial charge >= 0.3 is 5.97 Å². The number of guanidine groups is 1. The Kier molecular flexibility index (Phi) is 9.08. The summed E-state index contributed by atoms with van der Waals surface area (Å²) in [6.45, 7) is 1.56. The molecule has 36 heavy (non-hydrogen) atoms. The molecule has 0 aliphatic rings. The van der Waals surface area contributed by atoms with E-state index in [1.54, 1.807) is 30.3 Å². The molecule has 10 nitrogen and oxygen atoms in total. The van der Waals surface area contributed by atoms with Crippen LogP contribution >= 0.6 is 11.6 Å². The van der Waals surface area contributed by atoms with Crippen molar-refractivity contribution in [1.29, 1.82) is 0 Å². The summed E-state index contributed by atoms with van der Waals surface area (Å²) in [5.74, 6) is -0.302. The summed E-state index contributed by atoms with van der Waals surface area (Å²) < 4.78 is 39.3. The maximum Gasteiger partial charge on any atom is 0.321 e. The first-order valence-corrected chi connectivity index (χ1v) is 12.9. The van der Waals surface area contributed by atoms with Gasteiger partial charge in [0.1, 0.15) is 12.3 Å². The van der Waals surface area contributed by atoms with Crippen molar-refractivity contribution < 1.29 is 22.7 Å². The Balaban J connectivity index is 2.07. The van der Waals surface area contributed by atoms with E-state index < -0.39 is 22.5 Å². The third-order valence-corrected chi connectivity index (χ3v) is 7.36. The number of hydrogen-bond donors (Lipinski definition) is 2. The van der Waals surface area contributed by atoms with Crippen LogP contribution in [0.15, 0.2) is 58.5 Å². The van der Waals surface area contributed by atoms with E-state index in [0.717, 1.165) is 10.7 Å². The van der Waals surface area contributed by atoms with Crippen LogP contribution in [0.2, 0.25) is 5.02 Å². The molecule has 0 fully saturated rings. The number of esters is 1. The minimum atomic E-state index is -4.20. The molecule has 3 rings (SSSR count). The van der Waals surface area contributed by atoms with Crippen molar-refractivity contribution in [3.05, 3.63) is 59.2 Å². The highest BCUT2D eigenvalue weighted by molar-refractivity contribution is 7.89. The Labute approximate surface area is 214 Å². The predicted molar refractivity (Wildman–Crippen MR) is 139 cm³/mol. The van der Waals surface area contributed by atoms with Gasteiger partial charge in [-0.25, -0.2) is 13.4 Å². The average molecular weight is 534 g/mol. The standard InChI is InChI=1S/C24H28ClN5O5S/c1-3-4-11-35-22(31)15-30(14-16-7-5-6-8-21(16)34-2)36(32,33)17-9-10-18-19(12-17)23(29-24(26)27)28-13-20(18)25/h5-10,12-13H,3-4,11,14-15H2,1-2H3,(H4,26,27,28,29). The topological polar surface area (TPSA) is 150 Å². The monoisotopic (exact) mass is 533 g/mol. The van der Waals surface area contributed by atoms with E-state index in [1.165, 1.54) is 25.4 Å². The molecular weight excluding hydrogens is 506 g/mol. The van der Waals surface area contributed by atoms with Gasteiger partial charge in [-0.1, -0.05) is 49.2 Å². The summed E-state index contributed by atoms with van der Waals surface area (Å²) in [5.41, 5.74) is 11.6. The molecule has 1 aromatic heterocycles. The third-order valence-electron chi connectivity index (χ3n) is 5.27. The van der Waals surface area contributed by atoms with Crippen LogP contribution in [0.5, 0.6) is 5.75 Å². The fourth-order valence-corrected chi connectivity index (χ4v) is 5.07. The van der Waals surface area contributed by atoms with Crippen LogP contribution in [0.3, 0.4) is 0 Å². The van der Waals surface area contributed by atoms with Crippen LogP contribution in [0.4, 0.5) is 5.82 Å². The van der Waals surface area contributed by atoms with Gasteiger partial charge in [-0.15, -0.1) is 0 Å². The number of carbonyl (C=O) groups excluding carboxylic acids is 1. The number of aliphatic imine (C=N–C) groups is 1. The van der Waals surface area contributed by atoms with Gasteiger partial charge in [-0.3, -0.25) is 4.79 Å². The molecule has 0 unspecified atom stereocenters. The number of methoxy groups -OCH3 is 1. The van der Waals surface area contributed by atoms with Gasteiger partial charge < -0.3 is 20.9 Å². The van der Waals surface area contributed by atoms with Crippen LogP contribution in [0.25, 0.3) is 10.8 Å². The lowest BCUT2D eigenvalue weighted by molar-refractivity contribution is -0.144. The van der Waals surface area contributed by atoms with E-state index in [9.17, 15) is 13.2 Å². The summed E-state index contributed by atoms with van der Waals surface area (Å²) in [7, 11) is -2.72. The lowest BCUT2D eigenvalue weighted by Gasteiger charge is -2.23. The molecule has 0 saturated heterocycles. The lowest BCUT2D eigenvalue weighted by atomic mass is 10.1. The van der Waals surface area contributed by atoms with Crippen LogP contribution in [0, 0.1) is 0 Å². The summed E-state index contributed by atoms with van der Waals surface area (Å²) in [4.78, 5) is 20.6. The number of para-hydroxylation sites is 1. The van der Waals surface area contributed by atoms with Gasteiger partial charge in [0.2, 0.25) is 10.0 Å². The summed E-state index contributed by atoms with van der Waals surface area (Å²) >= 11 is 6.26. The van der Waals surface area contributed by atoms with E-state index in [-0.39, 0.29) is 29.8 Å². The van der Waals surface area contributed by atoms with Crippen molar-refractivity contribution in [3.8, 4) is 5.75 Å². The van der Waals surface area contributed by atoms with Crippen LogP contribution < -0.4 is 16.2 Å². The van der Waals surface area contributed by atoms with Crippen molar-refractivity contribution in [3.63, 3.8) is 0 Å². The molecule has 0 spiro atoms. The molecular formula is C24H28ClN5O5S. The number of aromatic nitrogens is 1. The van der Waals surface area contributed by atoms with Crippen molar-refractivity contribution in [2.24, 2.45) is 16.5 Å². The second-order valence-electron chi connectivity index (χ2n) is 7.83. The smallest absolute Gasteiger partial charge is 0.321 e. The first kappa shape index (κ1) is 27.2. The van der Waals surface area contributed by atoms with Crippen molar-refractivity contribution in [2.75, 3.05) is 20.3 Å². The highest BCUT2D eigenvalue weighted by atomic mass is 35.5. The molecule has 192 valence electrons. The number of benzene rings is 2. The molecule has 0 saturated carbocycles. The quantitative estimate of drug-likeness (QED) is 0.165. The number of unbranched alkanes of at least 4 members (excludes halogenated alkanes) is 1. The van der Waals surface area contributed by atoms with E-state index in [1.807, 2.05) is 6.92 Å².